The molecule has 0 unspecified atom stereocenters. The molecule has 0 fully saturated rings. The molecule has 0 heterocycles. The minimum absolute atomic E-state index is 0.0393. The first-order valence-electron chi connectivity index (χ1n) is 7.60. The molecule has 7 heteroatoms. The second kappa shape index (κ2) is 7.93. The van der Waals surface area contributed by atoms with Gasteiger partial charge in [0.25, 0.3) is 0 Å². The molecule has 0 aliphatic heterocycles. The Morgan fingerprint density at radius 2 is 1.52 bits per heavy atom. The van der Waals surface area contributed by atoms with Gasteiger partial charge in [0.05, 0.1) is 36.6 Å². The van der Waals surface area contributed by atoms with Crippen LogP contribution < -0.4 is 5.32 Å². The molecule has 0 atom stereocenters. The van der Waals surface area contributed by atoms with Gasteiger partial charge in [-0.25, -0.2) is 14.4 Å². The van der Waals surface area contributed by atoms with Crippen molar-refractivity contribution in [3.05, 3.63) is 46.8 Å². The van der Waals surface area contributed by atoms with Crippen LogP contribution in [0.3, 0.4) is 0 Å². The maximum atomic E-state index is 12.4. The van der Waals surface area contributed by atoms with Crippen molar-refractivity contribution in [2.75, 3.05) is 18.5 Å². The van der Waals surface area contributed by atoms with Crippen molar-refractivity contribution in [3.8, 4) is 11.1 Å². The molecule has 0 saturated heterocycles. The molecule has 1 N–H and O–H groups in total. The molecule has 2 aliphatic rings. The van der Waals surface area contributed by atoms with Crippen molar-refractivity contribution in [1.82, 2.24) is 0 Å². The fourth-order valence-electron chi connectivity index (χ4n) is 2.51. The van der Waals surface area contributed by atoms with Crippen LogP contribution in [0.2, 0.25) is 0 Å². The lowest BCUT2D eigenvalue weighted by Crippen LogP contribution is -2.11. The van der Waals surface area contributed by atoms with Crippen LogP contribution in [-0.2, 0) is 14.3 Å². The highest BCUT2D eigenvalue weighted by Gasteiger charge is 2.32. The van der Waals surface area contributed by atoms with Gasteiger partial charge in [-0.1, -0.05) is 24.3 Å². The van der Waals surface area contributed by atoms with E-state index in [1.54, 1.807) is 26.0 Å². The lowest BCUT2D eigenvalue weighted by molar-refractivity contribution is -0.105. The largest absolute Gasteiger partial charge is 0.462 e. The van der Waals surface area contributed by atoms with Crippen LogP contribution in [0.5, 0.6) is 0 Å². The number of anilines is 1. The fraction of sp³-hybridized carbons (Fsp3) is 0.222. The number of carbonyl (C=O) groups excluding carboxylic acids is 3. The molecular weight excluding hydrogens is 324 g/mol. The third-order valence-electron chi connectivity index (χ3n) is 3.46. The standard InChI is InChI=1S/C18H16N2O5/c1-4-24-17(22)14-12-8-6-11(19-3)7-9-13(12)15(16(14)20-10-21)18(23)25-5-2/h6-10H,4-5H2,1-2H3,(H,20,21). The molecule has 0 aromatic rings. The number of hydrogen-bond acceptors (Lipinski definition) is 5. The summed E-state index contributed by atoms with van der Waals surface area (Å²) in [5.74, 6) is -1.36. The van der Waals surface area contributed by atoms with E-state index < -0.39 is 11.9 Å². The van der Waals surface area contributed by atoms with Gasteiger partial charge in [0.1, 0.15) is 0 Å². The number of ether oxygens (including phenoxy) is 2. The fourth-order valence-corrected chi connectivity index (χ4v) is 2.51. The average molecular weight is 340 g/mol. The van der Waals surface area contributed by atoms with E-state index >= 15 is 0 Å². The molecule has 0 saturated carbocycles. The summed E-state index contributed by atoms with van der Waals surface area (Å²) in [6.07, 6.45) is 0.379. The molecule has 128 valence electrons. The number of esters is 2. The summed E-state index contributed by atoms with van der Waals surface area (Å²) in [7, 11) is 0. The maximum Gasteiger partial charge on any atom is 0.340 e. The van der Waals surface area contributed by atoms with E-state index in [2.05, 4.69) is 10.2 Å². The molecule has 2 rings (SSSR count). The Kier molecular flexibility index (Phi) is 5.69. The predicted molar refractivity (Wildman–Crippen MR) is 90.9 cm³/mol. The molecule has 0 aromatic carbocycles. The van der Waals surface area contributed by atoms with Gasteiger partial charge in [-0.05, 0) is 25.0 Å². The molecule has 0 spiro atoms. The third-order valence-corrected chi connectivity index (χ3v) is 3.46. The van der Waals surface area contributed by atoms with E-state index in [4.69, 9.17) is 16.0 Å². The van der Waals surface area contributed by atoms with Crippen molar-refractivity contribution in [3.63, 3.8) is 0 Å². The molecule has 2 aliphatic carbocycles. The predicted octanol–water partition coefficient (Wildman–Crippen LogP) is 3.26. The Bertz CT molecular complexity index is 783. The van der Waals surface area contributed by atoms with Crippen LogP contribution in [0.4, 0.5) is 11.4 Å². The average Bonchev–Trinajstić information content (AvgIpc) is 2.74. The monoisotopic (exact) mass is 340 g/mol. The Morgan fingerprint density at radius 1 is 1.04 bits per heavy atom. The summed E-state index contributed by atoms with van der Waals surface area (Å²) in [5.41, 5.74) is 1.27. The number of amides is 1. The van der Waals surface area contributed by atoms with Gasteiger partial charge < -0.3 is 14.8 Å². The first-order chi connectivity index (χ1) is 12.1. The van der Waals surface area contributed by atoms with Crippen LogP contribution in [0, 0.1) is 6.57 Å². The van der Waals surface area contributed by atoms with E-state index in [-0.39, 0.29) is 30.0 Å². The van der Waals surface area contributed by atoms with E-state index in [9.17, 15) is 14.4 Å². The van der Waals surface area contributed by atoms with Crippen molar-refractivity contribution in [2.45, 2.75) is 13.8 Å². The Hall–Kier alpha value is -3.40. The lowest BCUT2D eigenvalue weighted by atomic mass is 10.1. The topological polar surface area (TPSA) is 86.1 Å². The second-order valence-electron chi connectivity index (χ2n) is 4.86. The van der Waals surface area contributed by atoms with Crippen LogP contribution in [0.15, 0.2) is 24.3 Å². The van der Waals surface area contributed by atoms with E-state index in [0.717, 1.165) is 0 Å². The summed E-state index contributed by atoms with van der Waals surface area (Å²) in [5, 5.41) is 2.41. The first kappa shape index (κ1) is 17.9. The molecular formula is C18H16N2O5. The number of rotatable bonds is 6. The van der Waals surface area contributed by atoms with Gasteiger partial charge in [0.2, 0.25) is 6.41 Å². The number of hydrogen-bond donors (Lipinski definition) is 1. The summed E-state index contributed by atoms with van der Waals surface area (Å²) in [4.78, 5) is 39.2. The SMILES string of the molecule is [C-]#[N+]c1ccc2c(C(=O)OCC)c(NC=O)c(C(=O)OCC)c-2cc1. The van der Waals surface area contributed by atoms with E-state index in [0.29, 0.717) is 23.2 Å². The van der Waals surface area contributed by atoms with Crippen LogP contribution in [-0.4, -0.2) is 31.6 Å². The molecule has 7 nitrogen and oxygen atoms in total. The van der Waals surface area contributed by atoms with Crippen LogP contribution in [0.25, 0.3) is 16.0 Å². The molecule has 0 aromatic heterocycles. The van der Waals surface area contributed by atoms with Crippen LogP contribution in [0.1, 0.15) is 34.6 Å². The first-order valence-corrected chi connectivity index (χ1v) is 7.60. The minimum Gasteiger partial charge on any atom is -0.462 e. The van der Waals surface area contributed by atoms with Gasteiger partial charge in [-0.2, -0.15) is 0 Å². The van der Waals surface area contributed by atoms with E-state index in [1.165, 1.54) is 12.1 Å². The van der Waals surface area contributed by atoms with Crippen molar-refractivity contribution in [2.24, 2.45) is 0 Å². The van der Waals surface area contributed by atoms with Crippen molar-refractivity contribution in [1.29, 1.82) is 0 Å². The molecule has 25 heavy (non-hydrogen) atoms. The smallest absolute Gasteiger partial charge is 0.340 e. The zero-order valence-corrected chi connectivity index (χ0v) is 13.8. The number of fused-ring (bicyclic) bond motifs is 1. The van der Waals surface area contributed by atoms with Crippen molar-refractivity contribution >= 4 is 29.7 Å². The molecule has 1 amide bonds. The maximum absolute atomic E-state index is 12.4. The summed E-state index contributed by atoms with van der Waals surface area (Å²) in [6, 6.07) is 6.15. The van der Waals surface area contributed by atoms with Crippen molar-refractivity contribution < 1.29 is 23.9 Å². The molecule has 0 radical (unpaired) electrons. The number of nitrogens with one attached hydrogen (secondary N) is 1. The highest BCUT2D eigenvalue weighted by atomic mass is 16.5. The Balaban J connectivity index is 2.85. The quantitative estimate of drug-likeness (QED) is 0.495. The second-order valence-corrected chi connectivity index (χ2v) is 4.86. The zero-order valence-electron chi connectivity index (χ0n) is 13.8. The minimum atomic E-state index is -0.678. The van der Waals surface area contributed by atoms with Crippen LogP contribution >= 0.6 is 0 Å². The highest BCUT2D eigenvalue weighted by Crippen LogP contribution is 2.41. The van der Waals surface area contributed by atoms with Gasteiger partial charge in [-0.3, -0.25) is 4.79 Å². The van der Waals surface area contributed by atoms with Gasteiger partial charge in [0.15, 0.2) is 5.69 Å². The van der Waals surface area contributed by atoms with Gasteiger partial charge >= 0.3 is 11.9 Å². The summed E-state index contributed by atoms with van der Waals surface area (Å²) >= 11 is 0. The molecule has 0 bridgehead atoms. The lowest BCUT2D eigenvalue weighted by Gasteiger charge is -2.06. The number of nitrogens with zero attached hydrogens (tertiary/aromatic N) is 1. The number of carbonyl (C=O) groups is 3. The summed E-state index contributed by atoms with van der Waals surface area (Å²) in [6.45, 7) is 10.7. The van der Waals surface area contributed by atoms with Gasteiger partial charge in [-0.15, -0.1) is 0 Å². The van der Waals surface area contributed by atoms with E-state index in [1.807, 2.05) is 0 Å². The zero-order chi connectivity index (χ0) is 18.4. The Labute approximate surface area is 144 Å². The van der Waals surface area contributed by atoms with Gasteiger partial charge in [0, 0.05) is 0 Å². The third kappa shape index (κ3) is 3.43. The highest BCUT2D eigenvalue weighted by molar-refractivity contribution is 6.17. The Morgan fingerprint density at radius 3 is 1.88 bits per heavy atom. The summed E-state index contributed by atoms with van der Waals surface area (Å²) < 4.78 is 10.1. The normalized spacial score (nSPS) is 9.96.